The van der Waals surface area contributed by atoms with Crippen molar-refractivity contribution in [3.8, 4) is 23.0 Å². The molecule has 0 N–H and O–H groups in total. The lowest BCUT2D eigenvalue weighted by Crippen LogP contribution is -2.10. The monoisotopic (exact) mass is 494 g/mol. The first-order valence-electron chi connectivity index (χ1n) is 12.4. The number of hydrogen-bond acceptors (Lipinski definition) is 4. The van der Waals surface area contributed by atoms with E-state index in [1.807, 2.05) is 24.3 Å². The van der Waals surface area contributed by atoms with Gasteiger partial charge in [-0.1, -0.05) is 70.7 Å². The fourth-order valence-corrected chi connectivity index (χ4v) is 3.70. The van der Waals surface area contributed by atoms with Crippen molar-refractivity contribution < 1.29 is 14.3 Å². The first kappa shape index (κ1) is 26.0. The molecule has 4 aromatic carbocycles. The van der Waals surface area contributed by atoms with Crippen molar-refractivity contribution in [2.24, 2.45) is 5.11 Å². The first-order chi connectivity index (χ1) is 17.5. The van der Waals surface area contributed by atoms with Crippen molar-refractivity contribution >= 4 is 11.4 Å². The van der Waals surface area contributed by atoms with Gasteiger partial charge in [0.05, 0.1) is 0 Å². The SMILES string of the molecule is CC(C)(C)c1ccc(Oc2ccc(N=[N+]([O-])c3ccc(Oc4ccc(C(C)(C)C)cc4)cc3)cc2)cc1. The number of ether oxygens (including phenoxy) is 2. The summed E-state index contributed by atoms with van der Waals surface area (Å²) in [6.07, 6.45) is 0. The molecule has 0 unspecified atom stereocenters. The molecular formula is C32H34N2O3. The molecule has 5 nitrogen and oxygen atoms in total. The largest absolute Gasteiger partial charge is 0.594 e. The van der Waals surface area contributed by atoms with Gasteiger partial charge in [0.1, 0.15) is 28.7 Å². The van der Waals surface area contributed by atoms with Crippen molar-refractivity contribution in [2.45, 2.75) is 52.4 Å². The van der Waals surface area contributed by atoms with Gasteiger partial charge >= 0.3 is 0 Å². The van der Waals surface area contributed by atoms with E-state index in [1.165, 1.54) is 11.1 Å². The molecule has 37 heavy (non-hydrogen) atoms. The minimum Gasteiger partial charge on any atom is -0.594 e. The second-order valence-electron chi connectivity index (χ2n) is 11.1. The van der Waals surface area contributed by atoms with Gasteiger partial charge in [-0.3, -0.25) is 0 Å². The lowest BCUT2D eigenvalue weighted by Gasteiger charge is -2.19. The molecule has 4 rings (SSSR count). The summed E-state index contributed by atoms with van der Waals surface area (Å²) >= 11 is 0. The van der Waals surface area contributed by atoms with Gasteiger partial charge in [0, 0.05) is 17.2 Å². The Morgan fingerprint density at radius 3 is 1.19 bits per heavy atom. The third-order valence-electron chi connectivity index (χ3n) is 6.01. The van der Waals surface area contributed by atoms with Crippen molar-refractivity contribution in [1.29, 1.82) is 0 Å². The molecule has 0 saturated carbocycles. The smallest absolute Gasteiger partial charge is 0.245 e. The summed E-state index contributed by atoms with van der Waals surface area (Å²) in [5, 5.41) is 16.7. The van der Waals surface area contributed by atoms with Crippen LogP contribution in [0.25, 0.3) is 0 Å². The molecule has 0 heterocycles. The zero-order chi connectivity index (χ0) is 26.6. The van der Waals surface area contributed by atoms with E-state index >= 15 is 0 Å². The highest BCUT2D eigenvalue weighted by atomic mass is 16.5. The van der Waals surface area contributed by atoms with E-state index in [2.05, 4.69) is 70.9 Å². The Kier molecular flexibility index (Phi) is 7.35. The highest BCUT2D eigenvalue weighted by Gasteiger charge is 2.14. The van der Waals surface area contributed by atoms with E-state index < -0.39 is 0 Å². The van der Waals surface area contributed by atoms with Crippen LogP contribution in [-0.2, 0) is 10.8 Å². The Bertz CT molecular complexity index is 1340. The van der Waals surface area contributed by atoms with Crippen LogP contribution in [0.1, 0.15) is 52.7 Å². The zero-order valence-electron chi connectivity index (χ0n) is 22.4. The molecule has 4 aromatic rings. The van der Waals surface area contributed by atoms with E-state index in [1.54, 1.807) is 48.5 Å². The molecule has 0 aliphatic rings. The predicted octanol–water partition coefficient (Wildman–Crippen LogP) is 9.79. The van der Waals surface area contributed by atoms with Gasteiger partial charge in [-0.25, -0.2) is 0 Å². The van der Waals surface area contributed by atoms with Gasteiger partial charge in [-0.2, -0.15) is 0 Å². The normalized spacial score (nSPS) is 12.3. The van der Waals surface area contributed by atoms with E-state index in [-0.39, 0.29) is 10.8 Å². The fourth-order valence-electron chi connectivity index (χ4n) is 3.70. The molecule has 0 amide bonds. The molecule has 0 aliphatic carbocycles. The third kappa shape index (κ3) is 6.98. The Morgan fingerprint density at radius 1 is 0.514 bits per heavy atom. The van der Waals surface area contributed by atoms with E-state index in [0.717, 1.165) is 11.5 Å². The molecule has 0 saturated heterocycles. The van der Waals surface area contributed by atoms with Crippen LogP contribution in [0.2, 0.25) is 0 Å². The van der Waals surface area contributed by atoms with Crippen molar-refractivity contribution in [3.05, 3.63) is 113 Å². The summed E-state index contributed by atoms with van der Waals surface area (Å²) < 4.78 is 11.8. The summed E-state index contributed by atoms with van der Waals surface area (Å²) in [5.41, 5.74) is 3.62. The molecular weight excluding hydrogens is 460 g/mol. The van der Waals surface area contributed by atoms with Crippen molar-refractivity contribution in [1.82, 2.24) is 0 Å². The predicted molar refractivity (Wildman–Crippen MR) is 149 cm³/mol. The minimum absolute atomic E-state index is 0.0903. The van der Waals surface area contributed by atoms with Crippen LogP contribution in [0, 0.1) is 5.21 Å². The lowest BCUT2D eigenvalue weighted by molar-refractivity contribution is -0.435. The van der Waals surface area contributed by atoms with Crippen LogP contribution < -0.4 is 9.47 Å². The number of azo groups is 1. The highest BCUT2D eigenvalue weighted by Crippen LogP contribution is 2.30. The van der Waals surface area contributed by atoms with Crippen LogP contribution >= 0.6 is 0 Å². The maximum Gasteiger partial charge on any atom is 0.245 e. The molecule has 5 heteroatoms. The van der Waals surface area contributed by atoms with E-state index in [9.17, 15) is 5.21 Å². The molecule has 0 fully saturated rings. The topological polar surface area (TPSA) is 56.9 Å². The summed E-state index contributed by atoms with van der Waals surface area (Å²) in [4.78, 5) is 0.600. The highest BCUT2D eigenvalue weighted by molar-refractivity contribution is 5.43. The standard InChI is InChI=1S/C32H34N2O3/c1-31(2,3)23-7-15-27(16-8-23)36-29-19-11-25(12-20-29)33-34(35)26-13-21-30(22-14-26)37-28-17-9-24(10-18-28)32(4,5)6/h7-22H,1-6H3. The van der Waals surface area contributed by atoms with Gasteiger partial charge in [-0.15, -0.1) is 0 Å². The Hall–Kier alpha value is -4.12. The average molecular weight is 495 g/mol. The molecule has 0 spiro atoms. The van der Waals surface area contributed by atoms with Gasteiger partial charge in [0.15, 0.2) is 0 Å². The van der Waals surface area contributed by atoms with Gasteiger partial charge < -0.3 is 14.7 Å². The second kappa shape index (κ2) is 10.5. The van der Waals surface area contributed by atoms with Crippen molar-refractivity contribution in [2.75, 3.05) is 0 Å². The summed E-state index contributed by atoms with van der Waals surface area (Å²) in [7, 11) is 0. The van der Waals surface area contributed by atoms with E-state index in [4.69, 9.17) is 9.47 Å². The Balaban J connectivity index is 1.37. The lowest BCUT2D eigenvalue weighted by atomic mass is 9.87. The fraction of sp³-hybridized carbons (Fsp3) is 0.250. The van der Waals surface area contributed by atoms with Crippen molar-refractivity contribution in [3.63, 3.8) is 0 Å². The minimum atomic E-state index is 0.0903. The summed E-state index contributed by atoms with van der Waals surface area (Å²) in [6, 6.07) is 30.1. The quantitative estimate of drug-likeness (QED) is 0.152. The maximum absolute atomic E-state index is 12.6. The number of benzene rings is 4. The maximum atomic E-state index is 12.6. The zero-order valence-corrected chi connectivity index (χ0v) is 22.4. The number of hydrogen-bond donors (Lipinski definition) is 0. The summed E-state index contributed by atoms with van der Waals surface area (Å²) in [6.45, 7) is 13.1. The summed E-state index contributed by atoms with van der Waals surface area (Å²) in [5.74, 6) is 2.84. The molecule has 0 radical (unpaired) electrons. The average Bonchev–Trinajstić information content (AvgIpc) is 2.85. The van der Waals surface area contributed by atoms with Crippen LogP contribution in [0.4, 0.5) is 11.4 Å². The van der Waals surface area contributed by atoms with Gasteiger partial charge in [0.2, 0.25) is 5.69 Å². The second-order valence-corrected chi connectivity index (χ2v) is 11.1. The molecule has 0 aromatic heterocycles. The number of nitrogens with zero attached hydrogens (tertiary/aromatic N) is 2. The molecule has 190 valence electrons. The Labute approximate surface area is 219 Å². The van der Waals surface area contributed by atoms with Gasteiger partial charge in [-0.05, 0) is 82.6 Å². The van der Waals surface area contributed by atoms with Crippen LogP contribution in [0.5, 0.6) is 23.0 Å². The molecule has 0 bridgehead atoms. The number of rotatable bonds is 6. The van der Waals surface area contributed by atoms with Crippen LogP contribution in [-0.4, -0.2) is 4.86 Å². The van der Waals surface area contributed by atoms with E-state index in [0.29, 0.717) is 27.7 Å². The third-order valence-corrected chi connectivity index (χ3v) is 6.01. The van der Waals surface area contributed by atoms with Gasteiger partial charge in [0.25, 0.3) is 0 Å². The first-order valence-corrected chi connectivity index (χ1v) is 12.4. The molecule has 0 atom stereocenters. The van der Waals surface area contributed by atoms with Crippen LogP contribution in [0.15, 0.2) is 102 Å². The van der Waals surface area contributed by atoms with Crippen LogP contribution in [0.3, 0.4) is 0 Å². The Morgan fingerprint density at radius 2 is 0.838 bits per heavy atom. The molecule has 0 aliphatic heterocycles.